The maximum Gasteiger partial charge on any atom is 0.407 e. The molecule has 162 valence electrons. The number of amides is 1. The fraction of sp³-hybridized carbons (Fsp3) is 0.360. The zero-order valence-electron chi connectivity index (χ0n) is 18.3. The SMILES string of the molecule is CC(C)(C)c1ccccc1Sc1ccc2ccnc(N3CCCN(C(=O)O)CC3)c2c1. The Bertz CT molecular complexity index is 1090. The van der Waals surface area contributed by atoms with Gasteiger partial charge in [0.05, 0.1) is 0 Å². The van der Waals surface area contributed by atoms with Crippen LogP contribution in [0.25, 0.3) is 10.8 Å². The highest BCUT2D eigenvalue weighted by molar-refractivity contribution is 7.99. The van der Waals surface area contributed by atoms with Crippen LogP contribution >= 0.6 is 11.8 Å². The highest BCUT2D eigenvalue weighted by Gasteiger charge is 2.21. The van der Waals surface area contributed by atoms with Crippen molar-refractivity contribution in [2.24, 2.45) is 0 Å². The molecule has 0 saturated carbocycles. The van der Waals surface area contributed by atoms with Gasteiger partial charge in [-0.05, 0) is 47.1 Å². The molecule has 1 aliphatic heterocycles. The van der Waals surface area contributed by atoms with Gasteiger partial charge in [-0.25, -0.2) is 9.78 Å². The predicted octanol–water partition coefficient (Wildman–Crippen LogP) is 5.87. The van der Waals surface area contributed by atoms with Gasteiger partial charge in [0.15, 0.2) is 0 Å². The molecule has 1 aromatic heterocycles. The molecule has 0 radical (unpaired) electrons. The number of aromatic nitrogens is 1. The van der Waals surface area contributed by atoms with Crippen molar-refractivity contribution in [2.45, 2.75) is 42.4 Å². The number of nitrogens with zero attached hydrogens (tertiary/aromatic N) is 3. The summed E-state index contributed by atoms with van der Waals surface area (Å²) in [6.07, 6.45) is 1.81. The molecule has 5 nitrogen and oxygen atoms in total. The summed E-state index contributed by atoms with van der Waals surface area (Å²) in [5.41, 5.74) is 1.42. The van der Waals surface area contributed by atoms with E-state index in [9.17, 15) is 9.90 Å². The minimum atomic E-state index is -0.844. The third kappa shape index (κ3) is 4.79. The number of fused-ring (bicyclic) bond motifs is 1. The van der Waals surface area contributed by atoms with E-state index in [4.69, 9.17) is 4.98 Å². The topological polar surface area (TPSA) is 56.7 Å². The summed E-state index contributed by atoms with van der Waals surface area (Å²) in [5.74, 6) is 0.941. The first-order chi connectivity index (χ1) is 14.8. The number of benzene rings is 2. The Balaban J connectivity index is 1.67. The third-order valence-electron chi connectivity index (χ3n) is 5.71. The van der Waals surface area contributed by atoms with Crippen molar-refractivity contribution in [3.05, 3.63) is 60.3 Å². The average Bonchev–Trinajstić information content (AvgIpc) is 2.99. The number of carboxylic acid groups (broad SMARTS) is 1. The minimum Gasteiger partial charge on any atom is -0.465 e. The van der Waals surface area contributed by atoms with Crippen molar-refractivity contribution in [3.63, 3.8) is 0 Å². The van der Waals surface area contributed by atoms with E-state index in [0.717, 1.165) is 29.6 Å². The Labute approximate surface area is 188 Å². The molecule has 0 unspecified atom stereocenters. The highest BCUT2D eigenvalue weighted by Crippen LogP contribution is 2.38. The van der Waals surface area contributed by atoms with Gasteiger partial charge in [0.25, 0.3) is 0 Å². The van der Waals surface area contributed by atoms with Crippen LogP contribution in [0.1, 0.15) is 32.8 Å². The Morgan fingerprint density at radius 3 is 2.61 bits per heavy atom. The smallest absolute Gasteiger partial charge is 0.407 e. The Hall–Kier alpha value is -2.73. The Morgan fingerprint density at radius 2 is 1.84 bits per heavy atom. The van der Waals surface area contributed by atoms with Crippen LogP contribution in [0.2, 0.25) is 0 Å². The van der Waals surface area contributed by atoms with Crippen molar-refractivity contribution < 1.29 is 9.90 Å². The number of rotatable bonds is 3. The lowest BCUT2D eigenvalue weighted by atomic mass is 9.87. The van der Waals surface area contributed by atoms with Crippen molar-refractivity contribution >= 4 is 34.4 Å². The molecule has 0 atom stereocenters. The van der Waals surface area contributed by atoms with Gasteiger partial charge in [0, 0.05) is 47.6 Å². The molecule has 1 aliphatic rings. The quantitative estimate of drug-likeness (QED) is 0.557. The van der Waals surface area contributed by atoms with Crippen molar-refractivity contribution in [1.29, 1.82) is 0 Å². The third-order valence-corrected chi connectivity index (χ3v) is 6.77. The molecule has 0 spiro atoms. The summed E-state index contributed by atoms with van der Waals surface area (Å²) in [5, 5.41) is 11.6. The lowest BCUT2D eigenvalue weighted by molar-refractivity contribution is 0.148. The van der Waals surface area contributed by atoms with E-state index < -0.39 is 6.09 Å². The Kier molecular flexibility index (Phi) is 6.10. The standard InChI is InChI=1S/C25H29N3O2S/c1-25(2,3)21-7-4-5-8-22(21)31-19-10-9-18-11-12-26-23(20(18)17-19)27-13-6-14-28(16-15-27)24(29)30/h4-5,7-12,17H,6,13-16H2,1-3H3,(H,29,30). The first-order valence-corrected chi connectivity index (χ1v) is 11.5. The van der Waals surface area contributed by atoms with Crippen LogP contribution in [0, 0.1) is 0 Å². The average molecular weight is 436 g/mol. The van der Waals surface area contributed by atoms with Crippen molar-refractivity contribution in [3.8, 4) is 0 Å². The van der Waals surface area contributed by atoms with Crippen LogP contribution in [-0.2, 0) is 5.41 Å². The van der Waals surface area contributed by atoms with Gasteiger partial charge in [-0.3, -0.25) is 0 Å². The van der Waals surface area contributed by atoms with Gasteiger partial charge < -0.3 is 14.9 Å². The monoisotopic (exact) mass is 435 g/mol. The Morgan fingerprint density at radius 1 is 1.03 bits per heavy atom. The summed E-state index contributed by atoms with van der Waals surface area (Å²) in [7, 11) is 0. The molecule has 2 heterocycles. The van der Waals surface area contributed by atoms with Crippen LogP contribution in [0.15, 0.2) is 64.5 Å². The van der Waals surface area contributed by atoms with Crippen LogP contribution in [0.4, 0.5) is 10.6 Å². The van der Waals surface area contributed by atoms with E-state index >= 15 is 0 Å². The summed E-state index contributed by atoms with van der Waals surface area (Å²) in [6.45, 7) is 9.27. The van der Waals surface area contributed by atoms with Gasteiger partial charge in [-0.2, -0.15) is 0 Å². The summed E-state index contributed by atoms with van der Waals surface area (Å²) < 4.78 is 0. The van der Waals surface area contributed by atoms with Gasteiger partial charge in [-0.1, -0.05) is 56.8 Å². The zero-order valence-corrected chi connectivity index (χ0v) is 19.2. The zero-order chi connectivity index (χ0) is 22.0. The molecule has 3 aromatic rings. The molecule has 2 aromatic carbocycles. The molecule has 31 heavy (non-hydrogen) atoms. The first kappa shape index (κ1) is 21.5. The molecular weight excluding hydrogens is 406 g/mol. The lowest BCUT2D eigenvalue weighted by Gasteiger charge is -2.24. The molecule has 1 amide bonds. The summed E-state index contributed by atoms with van der Waals surface area (Å²) >= 11 is 1.79. The molecule has 4 rings (SSSR count). The van der Waals surface area contributed by atoms with Crippen LogP contribution in [0.3, 0.4) is 0 Å². The molecule has 1 N–H and O–H groups in total. The van der Waals surface area contributed by atoms with E-state index in [1.54, 1.807) is 11.8 Å². The summed E-state index contributed by atoms with van der Waals surface area (Å²) in [4.78, 5) is 22.2. The molecular formula is C25H29N3O2S. The number of hydrogen-bond acceptors (Lipinski definition) is 4. The number of anilines is 1. The van der Waals surface area contributed by atoms with E-state index in [1.165, 1.54) is 20.3 Å². The molecule has 1 fully saturated rings. The van der Waals surface area contributed by atoms with Crippen LogP contribution in [0.5, 0.6) is 0 Å². The van der Waals surface area contributed by atoms with Gasteiger partial charge in [0.1, 0.15) is 5.82 Å². The van der Waals surface area contributed by atoms with Crippen LogP contribution < -0.4 is 4.90 Å². The second-order valence-electron chi connectivity index (χ2n) is 8.98. The van der Waals surface area contributed by atoms with E-state index in [2.05, 4.69) is 68.1 Å². The second kappa shape index (κ2) is 8.79. The van der Waals surface area contributed by atoms with E-state index in [-0.39, 0.29) is 5.41 Å². The second-order valence-corrected chi connectivity index (χ2v) is 10.1. The summed E-state index contributed by atoms with van der Waals surface area (Å²) in [6, 6.07) is 17.2. The molecule has 0 bridgehead atoms. The number of hydrogen-bond donors (Lipinski definition) is 1. The van der Waals surface area contributed by atoms with Gasteiger partial charge in [0.2, 0.25) is 0 Å². The number of pyridine rings is 1. The highest BCUT2D eigenvalue weighted by atomic mass is 32.2. The first-order valence-electron chi connectivity index (χ1n) is 10.7. The molecule has 6 heteroatoms. The maximum atomic E-state index is 11.4. The maximum absolute atomic E-state index is 11.4. The van der Waals surface area contributed by atoms with E-state index in [0.29, 0.717) is 19.6 Å². The largest absolute Gasteiger partial charge is 0.465 e. The minimum absolute atomic E-state index is 0.0786. The fourth-order valence-electron chi connectivity index (χ4n) is 4.07. The molecule has 0 aliphatic carbocycles. The fourth-order valence-corrected chi connectivity index (χ4v) is 5.27. The van der Waals surface area contributed by atoms with Crippen molar-refractivity contribution in [2.75, 3.05) is 31.1 Å². The van der Waals surface area contributed by atoms with Crippen molar-refractivity contribution in [1.82, 2.24) is 9.88 Å². The van der Waals surface area contributed by atoms with E-state index in [1.807, 2.05) is 12.3 Å². The van der Waals surface area contributed by atoms with Gasteiger partial charge >= 0.3 is 6.09 Å². The van der Waals surface area contributed by atoms with Crippen LogP contribution in [-0.4, -0.2) is 47.3 Å². The lowest BCUT2D eigenvalue weighted by Crippen LogP contribution is -2.34. The molecule has 1 saturated heterocycles. The normalized spacial score (nSPS) is 15.2. The predicted molar refractivity (Wildman–Crippen MR) is 127 cm³/mol. The van der Waals surface area contributed by atoms with Gasteiger partial charge in [-0.15, -0.1) is 0 Å². The number of carbonyl (C=O) groups is 1.